The molecule has 0 atom stereocenters. The number of aliphatic carboxylic acids is 1. The zero-order chi connectivity index (χ0) is 12.7. The van der Waals surface area contributed by atoms with E-state index in [-0.39, 0.29) is 0 Å². The number of hydrogen-bond donors (Lipinski definition) is 1. The van der Waals surface area contributed by atoms with Crippen LogP contribution in [0.2, 0.25) is 0 Å². The van der Waals surface area contributed by atoms with Crippen molar-refractivity contribution in [3.63, 3.8) is 0 Å². The summed E-state index contributed by atoms with van der Waals surface area (Å²) < 4.78 is 57.1. The molecule has 0 bridgehead atoms. The van der Waals surface area contributed by atoms with Crippen molar-refractivity contribution in [2.24, 2.45) is 0 Å². The van der Waals surface area contributed by atoms with Crippen LogP contribution < -0.4 is 0 Å². The van der Waals surface area contributed by atoms with Gasteiger partial charge in [0.1, 0.15) is 0 Å². The fourth-order valence-corrected chi connectivity index (χ4v) is 0.297. The van der Waals surface area contributed by atoms with Gasteiger partial charge in [0.2, 0.25) is 0 Å². The van der Waals surface area contributed by atoms with Crippen molar-refractivity contribution in [3.05, 3.63) is 25.3 Å². The Kier molecular flexibility index (Phi) is 6.58. The van der Waals surface area contributed by atoms with Crippen LogP contribution >= 0.6 is 0 Å². The number of carboxylic acids is 1. The molecule has 0 aromatic rings. The lowest BCUT2D eigenvalue weighted by Crippen LogP contribution is -2.35. The van der Waals surface area contributed by atoms with Gasteiger partial charge in [-0.25, -0.2) is 4.79 Å². The molecule has 0 aliphatic rings. The molecule has 0 spiro atoms. The van der Waals surface area contributed by atoms with Gasteiger partial charge in [0, 0.05) is 12.5 Å². The van der Waals surface area contributed by atoms with Crippen LogP contribution in [0.3, 0.4) is 0 Å². The molecule has 0 unspecified atom stereocenters. The molecule has 2 nitrogen and oxygen atoms in total. The average Bonchev–Trinajstić information content (AvgIpc) is 2.03. The van der Waals surface area contributed by atoms with Gasteiger partial charge in [0.05, 0.1) is 0 Å². The molecule has 0 radical (unpaired) electrons. The Morgan fingerprint density at radius 3 is 1.60 bits per heavy atom. The Morgan fingerprint density at radius 1 is 1.20 bits per heavy atom. The van der Waals surface area contributed by atoms with Gasteiger partial charge in [0.25, 0.3) is 0 Å². The second-order valence-electron chi connectivity index (χ2n) is 2.24. The second-order valence-corrected chi connectivity index (χ2v) is 2.24. The van der Waals surface area contributed by atoms with Gasteiger partial charge in [-0.3, -0.25) is 0 Å². The first-order valence-electron chi connectivity index (χ1n) is 3.49. The first kappa shape index (κ1) is 16.0. The minimum Gasteiger partial charge on any atom is -0.478 e. The van der Waals surface area contributed by atoms with Crippen LogP contribution in [0, 0.1) is 0 Å². The average molecular weight is 232 g/mol. The molecule has 88 valence electrons. The summed E-state index contributed by atoms with van der Waals surface area (Å²) in [7, 11) is 0. The maximum atomic E-state index is 11.7. The van der Waals surface area contributed by atoms with Crippen molar-refractivity contribution >= 4 is 5.97 Å². The monoisotopic (exact) mass is 232 g/mol. The van der Waals surface area contributed by atoms with Crippen LogP contribution in [-0.4, -0.2) is 23.2 Å². The van der Waals surface area contributed by atoms with Gasteiger partial charge in [-0.05, 0) is 0 Å². The number of rotatable bonds is 3. The molecule has 0 rings (SSSR count). The van der Waals surface area contributed by atoms with Crippen LogP contribution in [0.1, 0.15) is 6.42 Å². The fourth-order valence-electron chi connectivity index (χ4n) is 0.297. The summed E-state index contributed by atoms with van der Waals surface area (Å²) >= 11 is 0. The first-order valence-corrected chi connectivity index (χ1v) is 3.49. The smallest absolute Gasteiger partial charge is 0.453 e. The quantitative estimate of drug-likeness (QED) is 0.461. The van der Waals surface area contributed by atoms with Crippen molar-refractivity contribution in [2.45, 2.75) is 18.5 Å². The van der Waals surface area contributed by atoms with Gasteiger partial charge in [-0.1, -0.05) is 12.7 Å². The molecule has 0 saturated carbocycles. The van der Waals surface area contributed by atoms with Crippen molar-refractivity contribution in [1.82, 2.24) is 0 Å². The number of halogens is 5. The molecular weight excluding hydrogens is 223 g/mol. The van der Waals surface area contributed by atoms with Crippen molar-refractivity contribution in [1.29, 1.82) is 0 Å². The Bertz CT molecular complexity index is 232. The normalized spacial score (nSPS) is 11.0. The summed E-state index contributed by atoms with van der Waals surface area (Å²) in [6, 6.07) is 0. The predicted octanol–water partition coefficient (Wildman–Crippen LogP) is 3.02. The van der Waals surface area contributed by atoms with E-state index >= 15 is 0 Å². The van der Waals surface area contributed by atoms with Crippen LogP contribution in [0.5, 0.6) is 0 Å². The molecule has 0 fully saturated rings. The third-order valence-electron chi connectivity index (χ3n) is 0.990. The summed E-state index contributed by atoms with van der Waals surface area (Å²) in [6.45, 7) is 5.74. The standard InChI is InChI=1S/C5H5F5.C3H4O2/c1-2-3-4(6,7)5(8,9)10;1-2-3(4)5/h2H,1,3H2;2H,1H2,(H,4,5). The molecule has 0 heterocycles. The fraction of sp³-hybridized carbons (Fsp3) is 0.375. The second kappa shape index (κ2) is 6.15. The molecule has 15 heavy (non-hydrogen) atoms. The highest BCUT2D eigenvalue weighted by atomic mass is 19.4. The van der Waals surface area contributed by atoms with Crippen LogP contribution in [-0.2, 0) is 4.79 Å². The van der Waals surface area contributed by atoms with Crippen molar-refractivity contribution in [2.75, 3.05) is 0 Å². The Labute approximate surface area is 82.7 Å². The van der Waals surface area contributed by atoms with Gasteiger partial charge in [-0.15, -0.1) is 6.58 Å². The van der Waals surface area contributed by atoms with Crippen molar-refractivity contribution in [3.8, 4) is 0 Å². The predicted molar refractivity (Wildman–Crippen MR) is 43.6 cm³/mol. The molecule has 7 heteroatoms. The van der Waals surface area contributed by atoms with Crippen molar-refractivity contribution < 1.29 is 31.9 Å². The molecule has 0 aromatic heterocycles. The van der Waals surface area contributed by atoms with E-state index in [4.69, 9.17) is 5.11 Å². The maximum absolute atomic E-state index is 11.7. The Balaban J connectivity index is 0. The minimum absolute atomic E-state index is 0.535. The van der Waals surface area contributed by atoms with E-state index < -0.39 is 24.5 Å². The number of carbonyl (C=O) groups is 1. The molecule has 0 aliphatic heterocycles. The lowest BCUT2D eigenvalue weighted by molar-refractivity contribution is -0.280. The number of carboxylic acid groups (broad SMARTS) is 1. The van der Waals surface area contributed by atoms with E-state index in [9.17, 15) is 26.7 Å². The molecule has 0 amide bonds. The third-order valence-corrected chi connectivity index (χ3v) is 0.990. The summed E-state index contributed by atoms with van der Waals surface area (Å²) in [5, 5.41) is 7.60. The van der Waals surface area contributed by atoms with E-state index in [0.29, 0.717) is 6.08 Å². The van der Waals surface area contributed by atoms with Gasteiger partial charge < -0.3 is 5.11 Å². The number of alkyl halides is 5. The zero-order valence-electron chi connectivity index (χ0n) is 7.52. The summed E-state index contributed by atoms with van der Waals surface area (Å²) in [4.78, 5) is 9.25. The molecule has 0 aromatic carbocycles. The molecule has 1 N–H and O–H groups in total. The van der Waals surface area contributed by atoms with Crippen LogP contribution in [0.15, 0.2) is 25.3 Å². The first-order chi connectivity index (χ1) is 6.58. The zero-order valence-corrected chi connectivity index (χ0v) is 7.52. The third kappa shape index (κ3) is 7.65. The lowest BCUT2D eigenvalue weighted by Gasteiger charge is -2.16. The molecular formula is C8H9F5O2. The SMILES string of the molecule is C=CC(=O)O.C=CCC(F)(F)C(F)(F)F. The van der Waals surface area contributed by atoms with E-state index in [1.54, 1.807) is 0 Å². The van der Waals surface area contributed by atoms with E-state index in [2.05, 4.69) is 13.2 Å². The maximum Gasteiger partial charge on any atom is 0.453 e. The number of hydrogen-bond acceptors (Lipinski definition) is 1. The minimum atomic E-state index is -5.46. The highest BCUT2D eigenvalue weighted by molar-refractivity contribution is 5.78. The van der Waals surface area contributed by atoms with Gasteiger partial charge in [0.15, 0.2) is 0 Å². The molecule has 0 saturated heterocycles. The van der Waals surface area contributed by atoms with E-state index in [0.717, 1.165) is 6.08 Å². The van der Waals surface area contributed by atoms with E-state index in [1.807, 2.05) is 0 Å². The highest BCUT2D eigenvalue weighted by Crippen LogP contribution is 2.37. The highest BCUT2D eigenvalue weighted by Gasteiger charge is 2.56. The lowest BCUT2D eigenvalue weighted by atomic mass is 10.2. The van der Waals surface area contributed by atoms with Crippen LogP contribution in [0.4, 0.5) is 22.0 Å². The van der Waals surface area contributed by atoms with Crippen LogP contribution in [0.25, 0.3) is 0 Å². The van der Waals surface area contributed by atoms with E-state index in [1.165, 1.54) is 0 Å². The summed E-state index contributed by atoms with van der Waals surface area (Å²) in [6.07, 6.45) is -5.45. The van der Waals surface area contributed by atoms with Gasteiger partial charge in [-0.2, -0.15) is 22.0 Å². The van der Waals surface area contributed by atoms with Gasteiger partial charge >= 0.3 is 18.1 Å². The summed E-state index contributed by atoms with van der Waals surface area (Å²) in [5.41, 5.74) is 0. The largest absolute Gasteiger partial charge is 0.478 e. The molecule has 0 aliphatic carbocycles. The Morgan fingerprint density at radius 2 is 1.53 bits per heavy atom. The Hall–Kier alpha value is -1.40. The number of allylic oxidation sites excluding steroid dienone is 1. The topological polar surface area (TPSA) is 37.3 Å². The summed E-state index contributed by atoms with van der Waals surface area (Å²) in [5.74, 6) is -5.61.